The van der Waals surface area contributed by atoms with E-state index in [1.165, 1.54) is 0 Å². The van der Waals surface area contributed by atoms with E-state index in [0.29, 0.717) is 22.9 Å². The first-order valence-corrected chi connectivity index (χ1v) is 6.60. The molecular formula is C16H15ClN2O. The summed E-state index contributed by atoms with van der Waals surface area (Å²) in [7, 11) is 0. The molecule has 4 heteroatoms. The fourth-order valence-electron chi connectivity index (χ4n) is 2.05. The van der Waals surface area contributed by atoms with Gasteiger partial charge in [0.1, 0.15) is 17.6 Å². The van der Waals surface area contributed by atoms with Gasteiger partial charge in [-0.05, 0) is 54.8 Å². The molecule has 0 amide bonds. The summed E-state index contributed by atoms with van der Waals surface area (Å²) in [5, 5.41) is 9.88. The summed E-state index contributed by atoms with van der Waals surface area (Å²) in [6.07, 6.45) is 0. The number of hydrogen-bond donors (Lipinski definition) is 1. The topological polar surface area (TPSA) is 59.0 Å². The van der Waals surface area contributed by atoms with Gasteiger partial charge in [0.15, 0.2) is 0 Å². The standard InChI is InChI=1S/C16H15ClN2O/c1-10-5-14(17)6-11(2)16(10)20-15-4-3-12(8-18)7-13(15)9-19/h3-7H,8,18H2,1-2H3. The van der Waals surface area contributed by atoms with E-state index >= 15 is 0 Å². The fourth-order valence-corrected chi connectivity index (χ4v) is 2.38. The van der Waals surface area contributed by atoms with Gasteiger partial charge in [-0.25, -0.2) is 0 Å². The van der Waals surface area contributed by atoms with Gasteiger partial charge < -0.3 is 10.5 Å². The highest BCUT2D eigenvalue weighted by atomic mass is 35.5. The van der Waals surface area contributed by atoms with Crippen molar-refractivity contribution in [3.8, 4) is 17.6 Å². The van der Waals surface area contributed by atoms with Crippen LogP contribution in [0.4, 0.5) is 0 Å². The first-order chi connectivity index (χ1) is 9.55. The van der Waals surface area contributed by atoms with Crippen molar-refractivity contribution >= 4 is 11.6 Å². The molecule has 2 aromatic rings. The summed E-state index contributed by atoms with van der Waals surface area (Å²) in [6, 6.07) is 11.2. The van der Waals surface area contributed by atoms with Gasteiger partial charge in [-0.3, -0.25) is 0 Å². The highest BCUT2D eigenvalue weighted by molar-refractivity contribution is 6.30. The quantitative estimate of drug-likeness (QED) is 0.925. The SMILES string of the molecule is Cc1cc(Cl)cc(C)c1Oc1ccc(CN)cc1C#N. The Labute approximate surface area is 123 Å². The van der Waals surface area contributed by atoms with Crippen LogP contribution in [0.3, 0.4) is 0 Å². The third-order valence-electron chi connectivity index (χ3n) is 3.04. The van der Waals surface area contributed by atoms with Crippen LogP contribution < -0.4 is 10.5 Å². The van der Waals surface area contributed by atoms with E-state index in [2.05, 4.69) is 6.07 Å². The third-order valence-corrected chi connectivity index (χ3v) is 3.26. The Hall–Kier alpha value is -2.02. The minimum absolute atomic E-state index is 0.397. The molecule has 0 saturated heterocycles. The molecule has 0 unspecified atom stereocenters. The van der Waals surface area contributed by atoms with E-state index in [4.69, 9.17) is 22.1 Å². The second-order valence-corrected chi connectivity index (χ2v) is 5.05. The lowest BCUT2D eigenvalue weighted by Crippen LogP contribution is -1.98. The van der Waals surface area contributed by atoms with Crippen LogP contribution in [-0.4, -0.2) is 0 Å². The molecule has 0 radical (unpaired) electrons. The maximum absolute atomic E-state index is 9.21. The van der Waals surface area contributed by atoms with Crippen LogP contribution in [0.15, 0.2) is 30.3 Å². The molecule has 2 aromatic carbocycles. The maximum Gasteiger partial charge on any atom is 0.145 e. The molecule has 3 nitrogen and oxygen atoms in total. The molecule has 0 saturated carbocycles. The summed E-state index contributed by atoms with van der Waals surface area (Å²) in [5.74, 6) is 1.25. The number of nitrogens with two attached hydrogens (primary N) is 1. The van der Waals surface area contributed by atoms with Gasteiger partial charge in [-0.2, -0.15) is 5.26 Å². The lowest BCUT2D eigenvalue weighted by atomic mass is 10.1. The molecular weight excluding hydrogens is 272 g/mol. The van der Waals surface area contributed by atoms with Crippen molar-refractivity contribution in [3.05, 3.63) is 57.6 Å². The molecule has 0 atom stereocenters. The second kappa shape index (κ2) is 5.96. The predicted octanol–water partition coefficient (Wildman–Crippen LogP) is 4.08. The monoisotopic (exact) mass is 286 g/mol. The number of ether oxygens (including phenoxy) is 1. The second-order valence-electron chi connectivity index (χ2n) is 4.62. The zero-order valence-corrected chi connectivity index (χ0v) is 12.2. The maximum atomic E-state index is 9.21. The number of rotatable bonds is 3. The molecule has 0 fully saturated rings. The van der Waals surface area contributed by atoms with Gasteiger partial charge in [0, 0.05) is 11.6 Å². The third kappa shape index (κ3) is 2.93. The van der Waals surface area contributed by atoms with Crippen molar-refractivity contribution in [2.24, 2.45) is 5.73 Å². The van der Waals surface area contributed by atoms with Gasteiger partial charge in [-0.1, -0.05) is 17.7 Å². The molecule has 20 heavy (non-hydrogen) atoms. The molecule has 0 aliphatic heterocycles. The Kier molecular flexibility index (Phi) is 4.29. The van der Waals surface area contributed by atoms with Gasteiger partial charge >= 0.3 is 0 Å². The van der Waals surface area contributed by atoms with Crippen molar-refractivity contribution in [3.63, 3.8) is 0 Å². The van der Waals surface area contributed by atoms with E-state index in [-0.39, 0.29) is 0 Å². The first-order valence-electron chi connectivity index (χ1n) is 6.23. The van der Waals surface area contributed by atoms with Gasteiger partial charge in [0.05, 0.1) is 5.56 Å². The Bertz CT molecular complexity index is 666. The zero-order valence-electron chi connectivity index (χ0n) is 11.4. The molecule has 0 aromatic heterocycles. The normalized spacial score (nSPS) is 10.2. The van der Waals surface area contributed by atoms with Crippen LogP contribution >= 0.6 is 11.6 Å². The number of benzene rings is 2. The molecule has 0 aliphatic rings. The number of nitriles is 1. The summed E-state index contributed by atoms with van der Waals surface area (Å²) in [4.78, 5) is 0. The fraction of sp³-hybridized carbons (Fsp3) is 0.188. The van der Waals surface area contributed by atoms with Gasteiger partial charge in [0.2, 0.25) is 0 Å². The van der Waals surface area contributed by atoms with Crippen LogP contribution in [-0.2, 0) is 6.54 Å². The predicted molar refractivity (Wildman–Crippen MR) is 80.0 cm³/mol. The van der Waals surface area contributed by atoms with Crippen molar-refractivity contribution in [1.82, 2.24) is 0 Å². The first kappa shape index (κ1) is 14.4. The van der Waals surface area contributed by atoms with E-state index in [1.807, 2.05) is 32.0 Å². The minimum Gasteiger partial charge on any atom is -0.455 e. The van der Waals surface area contributed by atoms with Crippen LogP contribution in [0.25, 0.3) is 0 Å². The lowest BCUT2D eigenvalue weighted by molar-refractivity contribution is 0.473. The minimum atomic E-state index is 0.397. The summed E-state index contributed by atoms with van der Waals surface area (Å²) in [6.45, 7) is 4.25. The van der Waals surface area contributed by atoms with Gasteiger partial charge in [-0.15, -0.1) is 0 Å². The number of hydrogen-bond acceptors (Lipinski definition) is 3. The average Bonchev–Trinajstić information content (AvgIpc) is 2.42. The summed E-state index contributed by atoms with van der Waals surface area (Å²) >= 11 is 6.00. The number of aryl methyl sites for hydroxylation is 2. The molecule has 2 rings (SSSR count). The Morgan fingerprint density at radius 1 is 1.20 bits per heavy atom. The van der Waals surface area contributed by atoms with Gasteiger partial charge in [0.25, 0.3) is 0 Å². The van der Waals surface area contributed by atoms with E-state index in [9.17, 15) is 5.26 Å². The van der Waals surface area contributed by atoms with E-state index in [1.54, 1.807) is 12.1 Å². The Morgan fingerprint density at radius 3 is 2.40 bits per heavy atom. The van der Waals surface area contributed by atoms with Crippen LogP contribution in [0.2, 0.25) is 5.02 Å². The molecule has 0 bridgehead atoms. The highest BCUT2D eigenvalue weighted by Gasteiger charge is 2.10. The summed E-state index contributed by atoms with van der Waals surface area (Å²) in [5.41, 5.74) is 8.82. The number of nitrogens with zero attached hydrogens (tertiary/aromatic N) is 1. The zero-order chi connectivity index (χ0) is 14.7. The number of halogens is 1. The van der Waals surface area contributed by atoms with Crippen molar-refractivity contribution < 1.29 is 4.74 Å². The lowest BCUT2D eigenvalue weighted by Gasteiger charge is -2.13. The van der Waals surface area contributed by atoms with Crippen molar-refractivity contribution in [1.29, 1.82) is 5.26 Å². The Morgan fingerprint density at radius 2 is 1.85 bits per heavy atom. The van der Waals surface area contributed by atoms with Crippen LogP contribution in [0.1, 0.15) is 22.3 Å². The highest BCUT2D eigenvalue weighted by Crippen LogP contribution is 2.33. The molecule has 0 heterocycles. The largest absolute Gasteiger partial charge is 0.455 e. The smallest absolute Gasteiger partial charge is 0.145 e. The molecule has 0 aliphatic carbocycles. The van der Waals surface area contributed by atoms with E-state index in [0.717, 1.165) is 22.4 Å². The molecule has 102 valence electrons. The van der Waals surface area contributed by atoms with E-state index < -0.39 is 0 Å². The average molecular weight is 287 g/mol. The Balaban J connectivity index is 2.43. The van der Waals surface area contributed by atoms with Crippen LogP contribution in [0.5, 0.6) is 11.5 Å². The van der Waals surface area contributed by atoms with Crippen molar-refractivity contribution in [2.45, 2.75) is 20.4 Å². The van der Waals surface area contributed by atoms with Crippen LogP contribution in [0, 0.1) is 25.2 Å². The molecule has 0 spiro atoms. The summed E-state index contributed by atoms with van der Waals surface area (Å²) < 4.78 is 5.89. The van der Waals surface area contributed by atoms with Crippen molar-refractivity contribution in [2.75, 3.05) is 0 Å². The molecule has 2 N–H and O–H groups in total.